The van der Waals surface area contributed by atoms with Crippen molar-refractivity contribution in [1.29, 1.82) is 5.26 Å². The van der Waals surface area contributed by atoms with Gasteiger partial charge in [0.1, 0.15) is 5.41 Å². The van der Waals surface area contributed by atoms with E-state index in [4.69, 9.17) is 0 Å². The molecule has 4 fully saturated rings. The fourth-order valence-electron chi connectivity index (χ4n) is 5.46. The Kier molecular flexibility index (Phi) is 4.03. The largest absolute Gasteiger partial charge is 0.352 e. The summed E-state index contributed by atoms with van der Waals surface area (Å²) in [4.78, 5) is 29.1. The van der Waals surface area contributed by atoms with E-state index in [1.165, 1.54) is 0 Å². The third kappa shape index (κ3) is 2.55. The zero-order valence-electron chi connectivity index (χ0n) is 15.1. The monoisotopic (exact) mass is 344 g/mol. The first kappa shape index (κ1) is 16.8. The minimum absolute atomic E-state index is 0.0204. The summed E-state index contributed by atoms with van der Waals surface area (Å²) < 4.78 is 0. The van der Waals surface area contributed by atoms with E-state index >= 15 is 0 Å². The van der Waals surface area contributed by atoms with E-state index in [2.05, 4.69) is 16.3 Å². The van der Waals surface area contributed by atoms with Gasteiger partial charge in [-0.25, -0.2) is 0 Å². The Morgan fingerprint density at radius 3 is 2.44 bits per heavy atom. The first-order valence-electron chi connectivity index (χ1n) is 9.73. The Hall–Kier alpha value is -1.61. The molecule has 0 aromatic carbocycles. The van der Waals surface area contributed by atoms with Crippen molar-refractivity contribution < 1.29 is 9.59 Å². The lowest BCUT2D eigenvalue weighted by Crippen LogP contribution is -2.51. The highest BCUT2D eigenvalue weighted by Gasteiger charge is 2.72. The quantitative estimate of drug-likeness (QED) is 0.836. The number of nitrogens with zero attached hydrogens (tertiary/aromatic N) is 3. The summed E-state index contributed by atoms with van der Waals surface area (Å²) in [6.45, 7) is 2.53. The van der Waals surface area contributed by atoms with E-state index in [1.54, 1.807) is 0 Å². The van der Waals surface area contributed by atoms with E-state index in [9.17, 15) is 14.9 Å². The molecular formula is C19H28N4O2. The Labute approximate surface area is 149 Å². The van der Waals surface area contributed by atoms with Crippen LogP contribution in [0.25, 0.3) is 0 Å². The molecule has 0 bridgehead atoms. The fraction of sp³-hybridized carbons (Fsp3) is 0.842. The highest BCUT2D eigenvalue weighted by Crippen LogP contribution is 2.71. The number of nitrogens with one attached hydrogen (secondary N) is 1. The number of nitriles is 1. The predicted octanol–water partition coefficient (Wildman–Crippen LogP) is 1.27. The minimum atomic E-state index is -0.759. The van der Waals surface area contributed by atoms with Gasteiger partial charge in [-0.2, -0.15) is 5.26 Å². The SMILES string of the molecule is CN1CC[C@@H](N2CCC(NC(=O)[C@@]3(C#N)CC34CCCC4)CC2)C1=O. The van der Waals surface area contributed by atoms with Crippen molar-refractivity contribution >= 4 is 11.8 Å². The molecule has 2 amide bonds. The molecule has 4 aliphatic rings. The van der Waals surface area contributed by atoms with Crippen LogP contribution < -0.4 is 5.32 Å². The van der Waals surface area contributed by atoms with Crippen molar-refractivity contribution in [2.45, 2.75) is 63.5 Å². The first-order chi connectivity index (χ1) is 12.0. The molecule has 2 saturated heterocycles. The summed E-state index contributed by atoms with van der Waals surface area (Å²) >= 11 is 0. The fourth-order valence-corrected chi connectivity index (χ4v) is 5.46. The summed E-state index contributed by atoms with van der Waals surface area (Å²) in [6.07, 6.45) is 7.77. The van der Waals surface area contributed by atoms with Gasteiger partial charge in [0.05, 0.1) is 12.1 Å². The number of likely N-dealkylation sites (N-methyl/N-ethyl adjacent to an activating group) is 1. The van der Waals surface area contributed by atoms with E-state index in [0.717, 1.165) is 71.0 Å². The smallest absolute Gasteiger partial charge is 0.241 e. The summed E-state index contributed by atoms with van der Waals surface area (Å²) in [7, 11) is 1.87. The molecule has 6 nitrogen and oxygen atoms in total. The van der Waals surface area contributed by atoms with Gasteiger partial charge in [-0.15, -0.1) is 0 Å². The molecule has 1 spiro atoms. The lowest BCUT2D eigenvalue weighted by Gasteiger charge is -2.35. The van der Waals surface area contributed by atoms with E-state index in [1.807, 2.05) is 11.9 Å². The van der Waals surface area contributed by atoms with Gasteiger partial charge in [-0.1, -0.05) is 12.8 Å². The van der Waals surface area contributed by atoms with Crippen LogP contribution in [0, 0.1) is 22.2 Å². The molecule has 2 atom stereocenters. The van der Waals surface area contributed by atoms with E-state index in [0.29, 0.717) is 0 Å². The summed E-state index contributed by atoms with van der Waals surface area (Å²) in [5.41, 5.74) is -0.780. The second-order valence-electron chi connectivity index (χ2n) is 8.53. The van der Waals surface area contributed by atoms with Crippen molar-refractivity contribution in [2.75, 3.05) is 26.7 Å². The highest BCUT2D eigenvalue weighted by atomic mass is 16.2. The zero-order valence-corrected chi connectivity index (χ0v) is 15.1. The Bertz CT molecular complexity index is 613. The van der Waals surface area contributed by atoms with Crippen molar-refractivity contribution in [3.8, 4) is 6.07 Å². The molecule has 0 aromatic rings. The van der Waals surface area contributed by atoms with Crippen LogP contribution in [0.2, 0.25) is 0 Å². The number of carbonyl (C=O) groups excluding carboxylic acids is 2. The van der Waals surface area contributed by atoms with Crippen LogP contribution in [-0.2, 0) is 9.59 Å². The molecule has 2 heterocycles. The molecule has 0 radical (unpaired) electrons. The molecule has 136 valence electrons. The number of likely N-dealkylation sites (tertiary alicyclic amines) is 2. The molecule has 0 unspecified atom stereocenters. The third-order valence-corrected chi connectivity index (χ3v) is 7.23. The Balaban J connectivity index is 1.31. The van der Waals surface area contributed by atoms with E-state index < -0.39 is 5.41 Å². The second-order valence-corrected chi connectivity index (χ2v) is 8.53. The van der Waals surface area contributed by atoms with Crippen LogP contribution in [0.15, 0.2) is 0 Å². The highest BCUT2D eigenvalue weighted by molar-refractivity contribution is 5.90. The van der Waals surface area contributed by atoms with Crippen LogP contribution in [0.5, 0.6) is 0 Å². The molecule has 2 saturated carbocycles. The maximum absolute atomic E-state index is 12.8. The average molecular weight is 344 g/mol. The number of carbonyl (C=O) groups is 2. The average Bonchev–Trinajstić information content (AvgIpc) is 2.85. The van der Waals surface area contributed by atoms with Crippen LogP contribution in [0.1, 0.15) is 51.4 Å². The summed E-state index contributed by atoms with van der Waals surface area (Å²) in [5, 5.41) is 12.8. The van der Waals surface area contributed by atoms with Gasteiger partial charge in [-0.3, -0.25) is 14.5 Å². The molecular weight excluding hydrogens is 316 g/mol. The summed E-state index contributed by atoms with van der Waals surface area (Å²) in [6, 6.07) is 2.53. The van der Waals surface area contributed by atoms with Gasteiger partial charge < -0.3 is 10.2 Å². The van der Waals surface area contributed by atoms with Gasteiger partial charge in [0, 0.05) is 38.1 Å². The van der Waals surface area contributed by atoms with Gasteiger partial charge >= 0.3 is 0 Å². The first-order valence-corrected chi connectivity index (χ1v) is 9.73. The number of hydrogen-bond acceptors (Lipinski definition) is 4. The van der Waals surface area contributed by atoms with Crippen molar-refractivity contribution in [1.82, 2.24) is 15.1 Å². The van der Waals surface area contributed by atoms with Gasteiger partial charge in [0.25, 0.3) is 0 Å². The number of hydrogen-bond donors (Lipinski definition) is 1. The summed E-state index contributed by atoms with van der Waals surface area (Å²) in [5.74, 6) is 0.194. The number of amides is 2. The Morgan fingerprint density at radius 1 is 1.20 bits per heavy atom. The molecule has 2 aliphatic heterocycles. The predicted molar refractivity (Wildman–Crippen MR) is 92.3 cm³/mol. The van der Waals surface area contributed by atoms with Gasteiger partial charge in [0.15, 0.2) is 0 Å². The number of piperidine rings is 1. The number of rotatable bonds is 3. The molecule has 25 heavy (non-hydrogen) atoms. The van der Waals surface area contributed by atoms with Crippen LogP contribution in [-0.4, -0.2) is 60.4 Å². The van der Waals surface area contributed by atoms with E-state index in [-0.39, 0.29) is 29.3 Å². The minimum Gasteiger partial charge on any atom is -0.352 e. The van der Waals surface area contributed by atoms with Gasteiger partial charge in [0.2, 0.25) is 11.8 Å². The van der Waals surface area contributed by atoms with Gasteiger partial charge in [-0.05, 0) is 38.5 Å². The van der Waals surface area contributed by atoms with Crippen LogP contribution in [0.3, 0.4) is 0 Å². The van der Waals surface area contributed by atoms with Crippen LogP contribution in [0.4, 0.5) is 0 Å². The second kappa shape index (κ2) is 5.98. The molecule has 2 aliphatic carbocycles. The molecule has 6 heteroatoms. The topological polar surface area (TPSA) is 76.4 Å². The lowest BCUT2D eigenvalue weighted by molar-refractivity contribution is -0.132. The molecule has 0 aromatic heterocycles. The Morgan fingerprint density at radius 2 is 1.88 bits per heavy atom. The maximum atomic E-state index is 12.8. The molecule has 4 rings (SSSR count). The standard InChI is InChI=1S/C19H28N4O2/c1-22-9-6-15(16(22)24)23-10-4-14(5-11-23)21-17(25)19(13-20)12-18(19)7-2-3-8-18/h14-15H,2-12H2,1H3,(H,21,25)/t15-,19+/m1/s1. The normalized spacial score (nSPS) is 35.1. The van der Waals surface area contributed by atoms with Crippen LogP contribution >= 0.6 is 0 Å². The molecule has 1 N–H and O–H groups in total. The van der Waals surface area contributed by atoms with Crippen molar-refractivity contribution in [2.24, 2.45) is 10.8 Å². The lowest BCUT2D eigenvalue weighted by atomic mass is 9.90. The van der Waals surface area contributed by atoms with Crippen molar-refractivity contribution in [3.05, 3.63) is 0 Å². The zero-order chi connectivity index (χ0) is 17.7. The maximum Gasteiger partial charge on any atom is 0.241 e. The third-order valence-electron chi connectivity index (χ3n) is 7.23. The van der Waals surface area contributed by atoms with Crippen molar-refractivity contribution in [3.63, 3.8) is 0 Å².